The molecule has 5 aromatic rings. The highest BCUT2D eigenvalue weighted by atomic mass is 16.2. The molecule has 226 valence electrons. The Kier molecular flexibility index (Phi) is 8.44. The second-order valence-electron chi connectivity index (χ2n) is 11.8. The standard InChI is InChI=1S/C33H37N9O2/c1-20(2)28-13-10-22(17-34-28)18-35-33(44)29-19-42(41-39-29)14-5-4-8-26-16-27-30(24-7-6-9-25(15-24)36-21(3)43)31(23-11-12-23)37-32(27)40-38-26/h6-7,9-10,13,15-17,19-20,23H,4-5,8,11-12,14,18H2,1-3H3,(H,35,44)(H,36,43)(H,37,40). The summed E-state index contributed by atoms with van der Waals surface area (Å²) in [5, 5.41) is 24.0. The molecule has 0 atom stereocenters. The molecule has 11 nitrogen and oxygen atoms in total. The quantitative estimate of drug-likeness (QED) is 0.162. The van der Waals surface area contributed by atoms with Crippen LogP contribution >= 0.6 is 0 Å². The molecule has 6 rings (SSSR count). The number of anilines is 1. The fourth-order valence-corrected chi connectivity index (χ4v) is 5.36. The molecule has 2 amide bonds. The zero-order valence-electron chi connectivity index (χ0n) is 25.3. The molecule has 1 fully saturated rings. The third-order valence-electron chi connectivity index (χ3n) is 7.83. The van der Waals surface area contributed by atoms with E-state index >= 15 is 0 Å². The van der Waals surface area contributed by atoms with Gasteiger partial charge in [0.1, 0.15) is 0 Å². The second kappa shape index (κ2) is 12.7. The Bertz CT molecular complexity index is 1780. The summed E-state index contributed by atoms with van der Waals surface area (Å²) in [5.41, 5.74) is 8.12. The number of aromatic amines is 1. The van der Waals surface area contributed by atoms with Gasteiger partial charge < -0.3 is 15.6 Å². The van der Waals surface area contributed by atoms with Gasteiger partial charge in [-0.2, -0.15) is 5.10 Å². The number of rotatable bonds is 12. The molecule has 0 aliphatic heterocycles. The first-order valence-electron chi connectivity index (χ1n) is 15.2. The monoisotopic (exact) mass is 591 g/mol. The number of benzene rings is 1. The number of unbranched alkanes of at least 4 members (excludes halogenated alkanes) is 1. The maximum absolute atomic E-state index is 12.6. The largest absolute Gasteiger partial charge is 0.346 e. The number of nitrogens with zero attached hydrogens (tertiary/aromatic N) is 6. The predicted octanol–water partition coefficient (Wildman–Crippen LogP) is 5.52. The highest BCUT2D eigenvalue weighted by Crippen LogP contribution is 2.46. The first-order chi connectivity index (χ1) is 21.3. The van der Waals surface area contributed by atoms with E-state index in [0.29, 0.717) is 30.6 Å². The second-order valence-corrected chi connectivity index (χ2v) is 11.8. The lowest BCUT2D eigenvalue weighted by molar-refractivity contribution is -0.114. The average Bonchev–Trinajstić information content (AvgIpc) is 3.63. The molecule has 11 heteroatoms. The van der Waals surface area contributed by atoms with Gasteiger partial charge in [-0.25, -0.2) is 0 Å². The fourth-order valence-electron chi connectivity index (χ4n) is 5.36. The summed E-state index contributed by atoms with van der Waals surface area (Å²) in [5.74, 6) is 0.505. The lowest BCUT2D eigenvalue weighted by Crippen LogP contribution is -2.23. The van der Waals surface area contributed by atoms with Crippen LogP contribution in [0, 0.1) is 0 Å². The van der Waals surface area contributed by atoms with Crippen LogP contribution in [0.15, 0.2) is 54.9 Å². The van der Waals surface area contributed by atoms with Crippen molar-refractivity contribution in [2.24, 2.45) is 0 Å². The van der Waals surface area contributed by atoms with E-state index in [9.17, 15) is 9.59 Å². The molecule has 44 heavy (non-hydrogen) atoms. The van der Waals surface area contributed by atoms with Gasteiger partial charge in [-0.15, -0.1) is 10.2 Å². The molecular formula is C33H37N9O2. The van der Waals surface area contributed by atoms with Crippen molar-refractivity contribution >= 4 is 28.5 Å². The Hall–Kier alpha value is -4.93. The van der Waals surface area contributed by atoms with Crippen LogP contribution in [0.2, 0.25) is 0 Å². The van der Waals surface area contributed by atoms with Crippen LogP contribution in [-0.4, -0.2) is 47.0 Å². The van der Waals surface area contributed by atoms with Crippen molar-refractivity contribution < 1.29 is 9.59 Å². The van der Waals surface area contributed by atoms with Gasteiger partial charge in [-0.05, 0) is 79.3 Å². The van der Waals surface area contributed by atoms with Crippen LogP contribution in [0.25, 0.3) is 22.2 Å². The van der Waals surface area contributed by atoms with Crippen molar-refractivity contribution in [1.82, 2.24) is 40.5 Å². The summed E-state index contributed by atoms with van der Waals surface area (Å²) in [6.45, 7) is 6.74. The summed E-state index contributed by atoms with van der Waals surface area (Å²) in [4.78, 5) is 32.2. The number of pyridine rings is 1. The van der Waals surface area contributed by atoms with Crippen LogP contribution in [0.5, 0.6) is 0 Å². The normalized spacial score (nSPS) is 13.0. The number of nitrogens with one attached hydrogen (secondary N) is 3. The first kappa shape index (κ1) is 29.2. The van der Waals surface area contributed by atoms with Crippen molar-refractivity contribution in [3.05, 3.63) is 83.2 Å². The van der Waals surface area contributed by atoms with Crippen molar-refractivity contribution in [1.29, 1.82) is 0 Å². The molecule has 4 aromatic heterocycles. The number of H-pyrrole nitrogens is 1. The van der Waals surface area contributed by atoms with Gasteiger partial charge in [-0.1, -0.05) is 37.3 Å². The first-order valence-corrected chi connectivity index (χ1v) is 15.2. The summed E-state index contributed by atoms with van der Waals surface area (Å²) in [7, 11) is 0. The van der Waals surface area contributed by atoms with E-state index in [1.807, 2.05) is 30.3 Å². The molecule has 1 aliphatic rings. The highest BCUT2D eigenvalue weighted by molar-refractivity contribution is 5.97. The Morgan fingerprint density at radius 2 is 1.93 bits per heavy atom. The molecule has 0 unspecified atom stereocenters. The highest BCUT2D eigenvalue weighted by Gasteiger charge is 2.30. The van der Waals surface area contributed by atoms with E-state index in [-0.39, 0.29) is 11.8 Å². The van der Waals surface area contributed by atoms with E-state index in [1.54, 1.807) is 17.1 Å². The van der Waals surface area contributed by atoms with Gasteiger partial charge in [0, 0.05) is 54.2 Å². The molecule has 1 saturated carbocycles. The van der Waals surface area contributed by atoms with E-state index < -0.39 is 0 Å². The fraction of sp³-hybridized carbons (Fsp3) is 0.364. The number of fused-ring (bicyclic) bond motifs is 1. The number of amides is 2. The van der Waals surface area contributed by atoms with Crippen LogP contribution in [0.3, 0.4) is 0 Å². The SMILES string of the molecule is CC(=O)Nc1cccc(-c2c(C3CC3)[nH]c3nnc(CCCCn4cc(C(=O)NCc5ccc(C(C)C)nc5)nn4)cc23)c1. The van der Waals surface area contributed by atoms with Crippen molar-refractivity contribution in [3.63, 3.8) is 0 Å². The molecular weight excluding hydrogens is 554 g/mol. The average molecular weight is 592 g/mol. The smallest absolute Gasteiger partial charge is 0.273 e. The number of aromatic nitrogens is 7. The number of aryl methyl sites for hydroxylation is 2. The number of hydrogen-bond donors (Lipinski definition) is 3. The van der Waals surface area contributed by atoms with Gasteiger partial charge in [0.2, 0.25) is 5.91 Å². The zero-order valence-corrected chi connectivity index (χ0v) is 25.3. The van der Waals surface area contributed by atoms with Gasteiger partial charge in [0.15, 0.2) is 11.3 Å². The van der Waals surface area contributed by atoms with E-state index in [4.69, 9.17) is 0 Å². The summed E-state index contributed by atoms with van der Waals surface area (Å²) in [6.07, 6.45) is 8.29. The van der Waals surface area contributed by atoms with Crippen molar-refractivity contribution in [3.8, 4) is 11.1 Å². The molecule has 3 N–H and O–H groups in total. The van der Waals surface area contributed by atoms with Crippen LogP contribution in [-0.2, 0) is 24.3 Å². The van der Waals surface area contributed by atoms with E-state index in [2.05, 4.69) is 67.1 Å². The minimum absolute atomic E-state index is 0.0944. The van der Waals surface area contributed by atoms with Crippen LogP contribution < -0.4 is 10.6 Å². The number of carbonyl (C=O) groups excluding carboxylic acids is 2. The molecule has 1 aliphatic carbocycles. The van der Waals surface area contributed by atoms with Gasteiger partial charge >= 0.3 is 0 Å². The molecule has 0 spiro atoms. The Morgan fingerprint density at radius 1 is 1.07 bits per heavy atom. The Labute approximate surface area is 255 Å². The minimum atomic E-state index is -0.261. The molecule has 1 aromatic carbocycles. The molecule has 0 bridgehead atoms. The lowest BCUT2D eigenvalue weighted by Gasteiger charge is -2.08. The van der Waals surface area contributed by atoms with Gasteiger partial charge in [-0.3, -0.25) is 19.3 Å². The van der Waals surface area contributed by atoms with Gasteiger partial charge in [0.05, 0.1) is 11.9 Å². The van der Waals surface area contributed by atoms with Crippen LogP contribution in [0.4, 0.5) is 5.69 Å². The maximum Gasteiger partial charge on any atom is 0.273 e. The van der Waals surface area contributed by atoms with E-state index in [1.165, 1.54) is 12.6 Å². The predicted molar refractivity (Wildman–Crippen MR) is 168 cm³/mol. The minimum Gasteiger partial charge on any atom is -0.346 e. The molecule has 4 heterocycles. The summed E-state index contributed by atoms with van der Waals surface area (Å²) < 4.78 is 1.71. The molecule has 0 radical (unpaired) electrons. The Morgan fingerprint density at radius 3 is 2.68 bits per heavy atom. The number of carbonyl (C=O) groups is 2. The third-order valence-corrected chi connectivity index (χ3v) is 7.83. The van der Waals surface area contributed by atoms with E-state index in [0.717, 1.165) is 76.9 Å². The topological polar surface area (TPSA) is 143 Å². The summed E-state index contributed by atoms with van der Waals surface area (Å²) in [6, 6.07) is 14.1. The Balaban J connectivity index is 1.06. The zero-order chi connectivity index (χ0) is 30.6. The van der Waals surface area contributed by atoms with Crippen LogP contribution in [0.1, 0.15) is 91.4 Å². The molecule has 0 saturated heterocycles. The maximum atomic E-state index is 12.6. The van der Waals surface area contributed by atoms with Gasteiger partial charge in [0.25, 0.3) is 5.91 Å². The third kappa shape index (κ3) is 6.82. The van der Waals surface area contributed by atoms with Crippen molar-refractivity contribution in [2.75, 3.05) is 5.32 Å². The van der Waals surface area contributed by atoms with Crippen molar-refractivity contribution in [2.45, 2.75) is 77.8 Å². The lowest BCUT2D eigenvalue weighted by atomic mass is 9.99. The number of hydrogen-bond acceptors (Lipinski definition) is 7. The summed E-state index contributed by atoms with van der Waals surface area (Å²) >= 11 is 0.